The zero-order valence-electron chi connectivity index (χ0n) is 21.0. The molecular formula is C28H27FN6O3. The van der Waals surface area contributed by atoms with Crippen molar-refractivity contribution in [3.8, 4) is 28.3 Å². The van der Waals surface area contributed by atoms with Gasteiger partial charge in [-0.1, -0.05) is 0 Å². The minimum absolute atomic E-state index is 0.163. The second-order valence-electron chi connectivity index (χ2n) is 8.81. The summed E-state index contributed by atoms with van der Waals surface area (Å²) in [4.78, 5) is 38.0. The highest BCUT2D eigenvalue weighted by Crippen LogP contribution is 2.24. The molecule has 1 aliphatic rings. The van der Waals surface area contributed by atoms with Crippen LogP contribution < -0.4 is 15.2 Å². The van der Waals surface area contributed by atoms with E-state index in [0.717, 1.165) is 27.5 Å². The number of ether oxygens (including phenoxy) is 1. The highest BCUT2D eigenvalue weighted by molar-refractivity contribution is 5.76. The van der Waals surface area contributed by atoms with E-state index >= 15 is 0 Å². The first kappa shape index (κ1) is 25.1. The molecule has 0 unspecified atom stereocenters. The fourth-order valence-electron chi connectivity index (χ4n) is 4.32. The number of carbonyl (C=O) groups excluding carboxylic acids is 1. The Morgan fingerprint density at radius 3 is 2.29 bits per heavy atom. The molecule has 2 aromatic carbocycles. The number of carbonyl (C=O) groups is 1. The SMILES string of the molecule is CCOc1ccc(-c2cc(N3CCN(C(=O)Cn4nc(-c5ccc(F)cc5)ccc4=O)CC3)ncn2)cc1. The minimum atomic E-state index is -0.370. The molecule has 194 valence electrons. The first-order chi connectivity index (χ1) is 18.5. The van der Waals surface area contributed by atoms with Crippen LogP contribution >= 0.6 is 0 Å². The van der Waals surface area contributed by atoms with Gasteiger partial charge < -0.3 is 14.5 Å². The molecule has 3 heterocycles. The molecule has 1 saturated heterocycles. The lowest BCUT2D eigenvalue weighted by molar-refractivity contribution is -0.132. The summed E-state index contributed by atoms with van der Waals surface area (Å²) in [5, 5.41) is 4.32. The van der Waals surface area contributed by atoms with Gasteiger partial charge in [-0.2, -0.15) is 5.10 Å². The van der Waals surface area contributed by atoms with E-state index in [1.807, 2.05) is 37.3 Å². The summed E-state index contributed by atoms with van der Waals surface area (Å²) in [6.07, 6.45) is 1.55. The molecule has 0 saturated carbocycles. The number of piperazine rings is 1. The quantitative estimate of drug-likeness (QED) is 0.374. The lowest BCUT2D eigenvalue weighted by Crippen LogP contribution is -2.50. The molecule has 0 bridgehead atoms. The van der Waals surface area contributed by atoms with Gasteiger partial charge in [0.2, 0.25) is 5.91 Å². The molecule has 9 nitrogen and oxygen atoms in total. The maximum absolute atomic E-state index is 13.3. The third-order valence-electron chi connectivity index (χ3n) is 6.36. The van der Waals surface area contributed by atoms with Crippen molar-refractivity contribution < 1.29 is 13.9 Å². The van der Waals surface area contributed by atoms with Gasteiger partial charge in [-0.25, -0.2) is 19.0 Å². The van der Waals surface area contributed by atoms with Crippen LogP contribution in [-0.4, -0.2) is 63.3 Å². The highest BCUT2D eigenvalue weighted by Gasteiger charge is 2.23. The number of nitrogens with zero attached hydrogens (tertiary/aromatic N) is 6. The topological polar surface area (TPSA) is 93.5 Å². The van der Waals surface area contributed by atoms with Gasteiger partial charge in [-0.05, 0) is 61.5 Å². The molecule has 38 heavy (non-hydrogen) atoms. The van der Waals surface area contributed by atoms with Crippen LogP contribution in [0.4, 0.5) is 10.2 Å². The molecule has 4 aromatic rings. The van der Waals surface area contributed by atoms with E-state index in [2.05, 4.69) is 20.0 Å². The summed E-state index contributed by atoms with van der Waals surface area (Å²) in [7, 11) is 0. The predicted molar refractivity (Wildman–Crippen MR) is 141 cm³/mol. The number of benzene rings is 2. The van der Waals surface area contributed by atoms with Crippen LogP contribution in [0.3, 0.4) is 0 Å². The Labute approximate surface area is 219 Å². The summed E-state index contributed by atoms with van der Waals surface area (Å²) in [6.45, 7) is 4.58. The maximum atomic E-state index is 13.3. The van der Waals surface area contributed by atoms with Gasteiger partial charge in [0.25, 0.3) is 5.56 Å². The zero-order valence-corrected chi connectivity index (χ0v) is 21.0. The molecule has 0 aliphatic carbocycles. The highest BCUT2D eigenvalue weighted by atomic mass is 19.1. The molecule has 0 radical (unpaired) electrons. The fourth-order valence-corrected chi connectivity index (χ4v) is 4.32. The third kappa shape index (κ3) is 5.69. The molecule has 5 rings (SSSR count). The molecule has 0 spiro atoms. The van der Waals surface area contributed by atoms with Crippen molar-refractivity contribution in [3.05, 3.63) is 89.2 Å². The van der Waals surface area contributed by atoms with Gasteiger partial charge in [0.1, 0.15) is 30.3 Å². The van der Waals surface area contributed by atoms with Gasteiger partial charge >= 0.3 is 0 Å². The van der Waals surface area contributed by atoms with Crippen LogP contribution in [0.2, 0.25) is 0 Å². The predicted octanol–water partition coefficient (Wildman–Crippen LogP) is 3.25. The summed E-state index contributed by atoms with van der Waals surface area (Å²) in [5.74, 6) is 1.06. The van der Waals surface area contributed by atoms with Crippen molar-refractivity contribution >= 4 is 11.7 Å². The zero-order chi connectivity index (χ0) is 26.5. The number of amides is 1. The Kier molecular flexibility index (Phi) is 7.39. The standard InChI is InChI=1S/C28H27FN6O3/c1-2-38-23-9-5-21(6-10-23)25-17-26(31-19-30-25)33-13-15-34(16-14-33)28(37)18-35-27(36)12-11-24(32-35)20-3-7-22(29)8-4-20/h3-12,17,19H,2,13-16,18H2,1H3. The lowest BCUT2D eigenvalue weighted by atomic mass is 10.1. The van der Waals surface area contributed by atoms with Crippen molar-refractivity contribution in [2.45, 2.75) is 13.5 Å². The molecule has 1 fully saturated rings. The average molecular weight is 515 g/mol. The van der Waals surface area contributed by atoms with Crippen LogP contribution in [0, 0.1) is 5.82 Å². The van der Waals surface area contributed by atoms with E-state index in [9.17, 15) is 14.0 Å². The van der Waals surface area contributed by atoms with E-state index in [0.29, 0.717) is 44.0 Å². The molecule has 0 atom stereocenters. The number of hydrogen-bond donors (Lipinski definition) is 0. The van der Waals surface area contributed by atoms with Crippen molar-refractivity contribution in [1.82, 2.24) is 24.6 Å². The number of aromatic nitrogens is 4. The van der Waals surface area contributed by atoms with Crippen molar-refractivity contribution in [2.24, 2.45) is 0 Å². The first-order valence-electron chi connectivity index (χ1n) is 12.4. The van der Waals surface area contributed by atoms with Gasteiger partial charge in [0.05, 0.1) is 18.0 Å². The van der Waals surface area contributed by atoms with Crippen molar-refractivity contribution in [2.75, 3.05) is 37.7 Å². The Balaban J connectivity index is 1.22. The van der Waals surface area contributed by atoms with Crippen molar-refractivity contribution in [3.63, 3.8) is 0 Å². The van der Waals surface area contributed by atoms with Crippen molar-refractivity contribution in [1.29, 1.82) is 0 Å². The molecule has 2 aromatic heterocycles. The molecule has 1 amide bonds. The summed E-state index contributed by atoms with van der Waals surface area (Å²) < 4.78 is 19.9. The lowest BCUT2D eigenvalue weighted by Gasteiger charge is -2.35. The minimum Gasteiger partial charge on any atom is -0.494 e. The Morgan fingerprint density at radius 2 is 1.58 bits per heavy atom. The number of rotatable bonds is 7. The summed E-state index contributed by atoms with van der Waals surface area (Å²) in [5.41, 5.74) is 2.56. The number of anilines is 1. The van der Waals surface area contributed by atoms with Gasteiger partial charge in [-0.15, -0.1) is 0 Å². The van der Waals surface area contributed by atoms with E-state index < -0.39 is 0 Å². The average Bonchev–Trinajstić information content (AvgIpc) is 2.95. The second kappa shape index (κ2) is 11.2. The molecule has 0 N–H and O–H groups in total. The molecule has 10 heteroatoms. The third-order valence-corrected chi connectivity index (χ3v) is 6.36. The second-order valence-corrected chi connectivity index (χ2v) is 8.81. The fraction of sp³-hybridized carbons (Fsp3) is 0.250. The van der Waals surface area contributed by atoms with Gasteiger partial charge in [0.15, 0.2) is 0 Å². The first-order valence-corrected chi connectivity index (χ1v) is 12.4. The maximum Gasteiger partial charge on any atom is 0.267 e. The number of halogens is 1. The summed E-state index contributed by atoms with van der Waals surface area (Å²) in [6, 6.07) is 18.5. The normalized spacial score (nSPS) is 13.4. The largest absolute Gasteiger partial charge is 0.494 e. The Hall–Kier alpha value is -4.60. The van der Waals surface area contributed by atoms with Gasteiger partial charge in [-0.3, -0.25) is 9.59 Å². The van der Waals surface area contributed by atoms with Crippen LogP contribution in [0.5, 0.6) is 5.75 Å². The van der Waals surface area contributed by atoms with E-state index in [4.69, 9.17) is 4.74 Å². The number of hydrogen-bond acceptors (Lipinski definition) is 7. The molecular weight excluding hydrogens is 487 g/mol. The summed E-state index contributed by atoms with van der Waals surface area (Å²) >= 11 is 0. The van der Waals surface area contributed by atoms with Crippen LogP contribution in [0.25, 0.3) is 22.5 Å². The monoisotopic (exact) mass is 514 g/mol. The van der Waals surface area contributed by atoms with E-state index in [-0.39, 0.29) is 23.8 Å². The Morgan fingerprint density at radius 1 is 0.895 bits per heavy atom. The molecule has 1 aliphatic heterocycles. The van der Waals surface area contributed by atoms with E-state index in [1.165, 1.54) is 18.2 Å². The van der Waals surface area contributed by atoms with E-state index in [1.54, 1.807) is 29.4 Å². The van der Waals surface area contributed by atoms with Crippen LogP contribution in [0.15, 0.2) is 77.9 Å². The van der Waals surface area contributed by atoms with Crippen LogP contribution in [-0.2, 0) is 11.3 Å². The smallest absolute Gasteiger partial charge is 0.267 e. The van der Waals surface area contributed by atoms with Gasteiger partial charge in [0, 0.05) is 49.4 Å². The van der Waals surface area contributed by atoms with Crippen LogP contribution in [0.1, 0.15) is 6.92 Å². The Bertz CT molecular complexity index is 1470.